The van der Waals surface area contributed by atoms with E-state index in [9.17, 15) is 0 Å². The summed E-state index contributed by atoms with van der Waals surface area (Å²) in [6.07, 6.45) is 6.00. The highest BCUT2D eigenvalue weighted by Gasteiger charge is 2.27. The van der Waals surface area contributed by atoms with Gasteiger partial charge < -0.3 is 4.90 Å². The number of anilines is 1. The second-order valence-electron chi connectivity index (χ2n) is 6.93. The van der Waals surface area contributed by atoms with Crippen molar-refractivity contribution in [2.45, 2.75) is 32.6 Å². The van der Waals surface area contributed by atoms with Crippen LogP contribution < -0.4 is 4.90 Å². The first-order valence-electron chi connectivity index (χ1n) is 8.97. The Balaban J connectivity index is 1.54. The molecule has 1 atom stereocenters. The van der Waals surface area contributed by atoms with Gasteiger partial charge in [-0.05, 0) is 44.4 Å². The number of pyridine rings is 1. The fraction of sp³-hybridized carbons (Fsp3) is 0.368. The van der Waals surface area contributed by atoms with Crippen molar-refractivity contribution in [1.29, 1.82) is 0 Å². The Hall–Kier alpha value is -2.54. The van der Waals surface area contributed by atoms with Crippen molar-refractivity contribution in [1.82, 2.24) is 24.6 Å². The standard InChI is InChI=1S/C19H20N6S/c1-12-13(2)26-19-16(12)18(20-11-21-19)24-8-5-6-14(10-24)17-23-22-15-7-3-4-9-25(15)17/h3-4,7,9,11,14H,5-6,8,10H2,1-2H3. The lowest BCUT2D eigenvalue weighted by Gasteiger charge is -2.33. The Bertz CT molecular complexity index is 1100. The zero-order valence-corrected chi connectivity index (χ0v) is 15.7. The summed E-state index contributed by atoms with van der Waals surface area (Å²) in [7, 11) is 0. The van der Waals surface area contributed by atoms with Gasteiger partial charge in [0.05, 0.1) is 5.39 Å². The van der Waals surface area contributed by atoms with E-state index in [4.69, 9.17) is 0 Å². The molecule has 1 fully saturated rings. The van der Waals surface area contributed by atoms with Crippen LogP contribution in [0.5, 0.6) is 0 Å². The monoisotopic (exact) mass is 364 g/mol. The predicted octanol–water partition coefficient (Wildman–Crippen LogP) is 3.73. The van der Waals surface area contributed by atoms with Crippen LogP contribution in [-0.4, -0.2) is 37.7 Å². The van der Waals surface area contributed by atoms with Crippen LogP contribution in [0.3, 0.4) is 0 Å². The largest absolute Gasteiger partial charge is 0.355 e. The maximum Gasteiger partial charge on any atom is 0.160 e. The molecule has 4 aromatic rings. The van der Waals surface area contributed by atoms with Crippen LogP contribution in [0, 0.1) is 13.8 Å². The zero-order valence-electron chi connectivity index (χ0n) is 14.9. The smallest absolute Gasteiger partial charge is 0.160 e. The average molecular weight is 364 g/mol. The summed E-state index contributed by atoms with van der Waals surface area (Å²) in [5.41, 5.74) is 2.21. The molecule has 0 spiro atoms. The summed E-state index contributed by atoms with van der Waals surface area (Å²) in [6.45, 7) is 6.27. The van der Waals surface area contributed by atoms with E-state index in [2.05, 4.69) is 49.5 Å². The number of aromatic nitrogens is 5. The van der Waals surface area contributed by atoms with Crippen molar-refractivity contribution in [3.8, 4) is 0 Å². The van der Waals surface area contributed by atoms with E-state index in [-0.39, 0.29) is 0 Å². The summed E-state index contributed by atoms with van der Waals surface area (Å²) in [5.74, 6) is 2.47. The molecule has 0 N–H and O–H groups in total. The lowest BCUT2D eigenvalue weighted by atomic mass is 9.97. The van der Waals surface area contributed by atoms with Crippen molar-refractivity contribution < 1.29 is 0 Å². The maximum atomic E-state index is 4.66. The fourth-order valence-corrected chi connectivity index (χ4v) is 4.91. The molecular weight excluding hydrogens is 344 g/mol. The molecule has 0 aromatic carbocycles. The van der Waals surface area contributed by atoms with Crippen molar-refractivity contribution in [3.63, 3.8) is 0 Å². The van der Waals surface area contributed by atoms with Gasteiger partial charge in [-0.25, -0.2) is 9.97 Å². The van der Waals surface area contributed by atoms with Gasteiger partial charge in [0.1, 0.15) is 22.8 Å². The van der Waals surface area contributed by atoms with Crippen LogP contribution in [-0.2, 0) is 0 Å². The Kier molecular flexibility index (Phi) is 3.63. The molecule has 0 saturated carbocycles. The first-order valence-corrected chi connectivity index (χ1v) is 9.79. The Morgan fingerprint density at radius 1 is 1.15 bits per heavy atom. The third-order valence-corrected chi connectivity index (χ3v) is 6.49. The second kappa shape index (κ2) is 6.02. The Morgan fingerprint density at radius 2 is 2.08 bits per heavy atom. The molecule has 1 aliphatic heterocycles. The van der Waals surface area contributed by atoms with Crippen LogP contribution in [0.15, 0.2) is 30.7 Å². The third-order valence-electron chi connectivity index (χ3n) is 5.37. The lowest BCUT2D eigenvalue weighted by Crippen LogP contribution is -2.35. The van der Waals surface area contributed by atoms with Crippen LogP contribution in [0.1, 0.15) is 35.0 Å². The number of rotatable bonds is 2. The molecule has 1 aliphatic rings. The summed E-state index contributed by atoms with van der Waals surface area (Å²) in [4.78, 5) is 13.9. The van der Waals surface area contributed by atoms with Gasteiger partial charge in [-0.1, -0.05) is 6.07 Å². The number of thiophene rings is 1. The molecule has 0 radical (unpaired) electrons. The lowest BCUT2D eigenvalue weighted by molar-refractivity contribution is 0.486. The van der Waals surface area contributed by atoms with Gasteiger partial charge in [-0.2, -0.15) is 0 Å². The molecule has 132 valence electrons. The summed E-state index contributed by atoms with van der Waals surface area (Å²) < 4.78 is 2.11. The average Bonchev–Trinajstić information content (AvgIpc) is 3.23. The van der Waals surface area contributed by atoms with E-state index in [0.717, 1.165) is 48.1 Å². The molecule has 0 aliphatic carbocycles. The molecule has 7 heteroatoms. The van der Waals surface area contributed by atoms with Crippen LogP contribution in [0.25, 0.3) is 15.9 Å². The van der Waals surface area contributed by atoms with E-state index in [1.807, 2.05) is 18.2 Å². The second-order valence-corrected chi connectivity index (χ2v) is 8.14. The van der Waals surface area contributed by atoms with E-state index >= 15 is 0 Å². The molecule has 6 nitrogen and oxygen atoms in total. The van der Waals surface area contributed by atoms with E-state index in [0.29, 0.717) is 5.92 Å². The fourth-order valence-electron chi connectivity index (χ4n) is 3.92. The highest BCUT2D eigenvalue weighted by molar-refractivity contribution is 7.18. The molecule has 1 saturated heterocycles. The topological polar surface area (TPSA) is 59.2 Å². The molecule has 5 rings (SSSR count). The first-order chi connectivity index (χ1) is 12.7. The highest BCUT2D eigenvalue weighted by Crippen LogP contribution is 2.36. The molecule has 26 heavy (non-hydrogen) atoms. The Labute approximate surface area is 155 Å². The normalized spacial score (nSPS) is 18.1. The number of fused-ring (bicyclic) bond motifs is 2. The van der Waals surface area contributed by atoms with Crippen molar-refractivity contribution in [2.75, 3.05) is 18.0 Å². The molecular formula is C19H20N6S. The molecule has 4 aromatic heterocycles. The van der Waals surface area contributed by atoms with Gasteiger partial charge in [0, 0.05) is 30.1 Å². The van der Waals surface area contributed by atoms with Crippen molar-refractivity contribution in [2.24, 2.45) is 0 Å². The minimum Gasteiger partial charge on any atom is -0.355 e. The number of piperidine rings is 1. The molecule has 1 unspecified atom stereocenters. The summed E-state index contributed by atoms with van der Waals surface area (Å²) in [5, 5.41) is 10.0. The van der Waals surface area contributed by atoms with Gasteiger partial charge in [0.25, 0.3) is 0 Å². The Morgan fingerprint density at radius 3 is 3.00 bits per heavy atom. The number of nitrogens with zero attached hydrogens (tertiary/aromatic N) is 6. The van der Waals surface area contributed by atoms with Crippen LogP contribution in [0.2, 0.25) is 0 Å². The van der Waals surface area contributed by atoms with Crippen molar-refractivity contribution >= 4 is 33.0 Å². The quantitative estimate of drug-likeness (QED) is 0.542. The van der Waals surface area contributed by atoms with E-state index in [1.54, 1.807) is 17.7 Å². The molecule has 0 amide bonds. The van der Waals surface area contributed by atoms with Crippen molar-refractivity contribution in [3.05, 3.63) is 47.0 Å². The predicted molar refractivity (Wildman–Crippen MR) is 104 cm³/mol. The van der Waals surface area contributed by atoms with Crippen LogP contribution >= 0.6 is 11.3 Å². The van der Waals surface area contributed by atoms with E-state index in [1.165, 1.54) is 15.8 Å². The highest BCUT2D eigenvalue weighted by atomic mass is 32.1. The number of hydrogen-bond donors (Lipinski definition) is 0. The van der Waals surface area contributed by atoms with Gasteiger partial charge in [0.15, 0.2) is 5.65 Å². The minimum absolute atomic E-state index is 0.353. The molecule has 5 heterocycles. The van der Waals surface area contributed by atoms with E-state index < -0.39 is 0 Å². The number of hydrogen-bond acceptors (Lipinski definition) is 6. The van der Waals surface area contributed by atoms with Gasteiger partial charge in [0.2, 0.25) is 0 Å². The minimum atomic E-state index is 0.353. The van der Waals surface area contributed by atoms with Gasteiger partial charge in [-0.3, -0.25) is 4.40 Å². The van der Waals surface area contributed by atoms with Gasteiger partial charge >= 0.3 is 0 Å². The maximum absolute atomic E-state index is 4.66. The summed E-state index contributed by atoms with van der Waals surface area (Å²) >= 11 is 1.75. The third kappa shape index (κ3) is 2.38. The SMILES string of the molecule is Cc1sc2ncnc(N3CCCC(c4nnc5ccccn45)C3)c2c1C. The zero-order chi connectivity index (χ0) is 17.7. The molecule has 0 bridgehead atoms. The van der Waals surface area contributed by atoms with Crippen LogP contribution in [0.4, 0.5) is 5.82 Å². The van der Waals surface area contributed by atoms with Gasteiger partial charge in [-0.15, -0.1) is 21.5 Å². The number of aryl methyl sites for hydroxylation is 2. The summed E-state index contributed by atoms with van der Waals surface area (Å²) in [6, 6.07) is 6.04. The first kappa shape index (κ1) is 15.7.